The third-order valence-corrected chi connectivity index (χ3v) is 4.92. The molecule has 1 saturated carbocycles. The highest BCUT2D eigenvalue weighted by Crippen LogP contribution is 2.40. The number of hydrogen-bond acceptors (Lipinski definition) is 6. The van der Waals surface area contributed by atoms with Crippen molar-refractivity contribution < 1.29 is 39.7 Å². The van der Waals surface area contributed by atoms with Gasteiger partial charge in [0.2, 0.25) is 0 Å². The summed E-state index contributed by atoms with van der Waals surface area (Å²) in [5, 5.41) is 2.75. The molecule has 1 fully saturated rings. The molecule has 3 atom stereocenters. The van der Waals surface area contributed by atoms with Gasteiger partial charge < -0.3 is 10.1 Å². The molecule has 0 saturated heterocycles. The molecule has 0 spiro atoms. The van der Waals surface area contributed by atoms with Crippen LogP contribution < -0.4 is 5.32 Å². The van der Waals surface area contributed by atoms with Gasteiger partial charge >= 0.3 is 21.6 Å². The number of carbonyl (C=O) groups excluding carboxylic acids is 1. The number of hydrogen-bond donors (Lipinski definition) is 1. The van der Waals surface area contributed by atoms with Gasteiger partial charge in [0.05, 0.1) is 6.61 Å². The summed E-state index contributed by atoms with van der Waals surface area (Å²) in [6.07, 6.45) is -5.33. The molecule has 2 rings (SSSR count). The van der Waals surface area contributed by atoms with Crippen molar-refractivity contribution in [3.63, 3.8) is 0 Å². The lowest BCUT2D eigenvalue weighted by Crippen LogP contribution is -2.46. The summed E-state index contributed by atoms with van der Waals surface area (Å²) in [6.45, 7) is 1.47. The molecule has 1 N–H and O–H groups in total. The Balaban J connectivity index is 2.29. The maximum atomic E-state index is 14.3. The Morgan fingerprint density at radius 2 is 1.88 bits per heavy atom. The molecule has 0 amide bonds. The highest BCUT2D eigenvalue weighted by molar-refractivity contribution is 7.87. The lowest BCUT2D eigenvalue weighted by molar-refractivity contribution is -0.148. The van der Waals surface area contributed by atoms with Gasteiger partial charge in [-0.2, -0.15) is 21.6 Å². The Morgan fingerprint density at radius 1 is 1.27 bits per heavy atom. The Kier molecular flexibility index (Phi) is 5.81. The van der Waals surface area contributed by atoms with Crippen molar-refractivity contribution in [2.45, 2.75) is 43.1 Å². The van der Waals surface area contributed by atoms with Crippen molar-refractivity contribution in [2.24, 2.45) is 0 Å². The molecular weight excluding hydrogens is 382 g/mol. The van der Waals surface area contributed by atoms with Crippen LogP contribution in [0.15, 0.2) is 30.3 Å². The molecule has 0 bridgehead atoms. The summed E-state index contributed by atoms with van der Waals surface area (Å²) in [5.74, 6) is -0.901. The smallest absolute Gasteiger partial charge is 0.464 e. The van der Waals surface area contributed by atoms with Crippen LogP contribution in [0.2, 0.25) is 0 Å². The summed E-state index contributed by atoms with van der Waals surface area (Å²) in [6, 6.07) is 8.08. The van der Waals surface area contributed by atoms with Gasteiger partial charge in [-0.15, -0.1) is 0 Å². The van der Waals surface area contributed by atoms with Crippen LogP contribution in [0.3, 0.4) is 0 Å². The van der Waals surface area contributed by atoms with E-state index in [-0.39, 0.29) is 6.61 Å². The molecule has 0 aromatic heterocycles. The zero-order valence-corrected chi connectivity index (χ0v) is 14.4. The number of nitrogens with one attached hydrogen (secondary N) is 1. The SMILES string of the molecule is CCOC(=O)C1(Nc2ccccc2)CC(F)C(OS(=O)(=O)C(F)(F)F)C1. The third kappa shape index (κ3) is 4.26. The zero-order chi connectivity index (χ0) is 19.6. The highest BCUT2D eigenvalue weighted by Gasteiger charge is 2.57. The average Bonchev–Trinajstić information content (AvgIpc) is 2.84. The predicted octanol–water partition coefficient (Wildman–Crippen LogP) is 2.77. The first-order valence-electron chi connectivity index (χ1n) is 7.65. The van der Waals surface area contributed by atoms with E-state index in [4.69, 9.17) is 4.74 Å². The van der Waals surface area contributed by atoms with Gasteiger partial charge in [0.15, 0.2) is 0 Å². The molecule has 0 heterocycles. The van der Waals surface area contributed by atoms with Crippen molar-refractivity contribution in [1.82, 2.24) is 0 Å². The second-order valence-corrected chi connectivity index (χ2v) is 7.32. The summed E-state index contributed by atoms with van der Waals surface area (Å²) >= 11 is 0. The number of esters is 1. The lowest BCUT2D eigenvalue weighted by atomic mass is 9.96. The second kappa shape index (κ2) is 7.39. The fourth-order valence-electron chi connectivity index (χ4n) is 2.72. The molecule has 6 nitrogen and oxygen atoms in total. The van der Waals surface area contributed by atoms with E-state index in [0.717, 1.165) is 0 Å². The average molecular weight is 399 g/mol. The minimum absolute atomic E-state index is 0.0413. The van der Waals surface area contributed by atoms with E-state index in [0.29, 0.717) is 5.69 Å². The van der Waals surface area contributed by atoms with Gasteiger partial charge in [0, 0.05) is 18.5 Å². The third-order valence-electron chi connectivity index (χ3n) is 3.85. The first-order chi connectivity index (χ1) is 12.0. The summed E-state index contributed by atoms with van der Waals surface area (Å²) in [7, 11) is -5.99. The van der Waals surface area contributed by atoms with Crippen LogP contribution >= 0.6 is 0 Å². The first-order valence-corrected chi connectivity index (χ1v) is 9.05. The highest BCUT2D eigenvalue weighted by atomic mass is 32.2. The molecule has 1 aromatic rings. The number of anilines is 1. The van der Waals surface area contributed by atoms with E-state index in [2.05, 4.69) is 9.50 Å². The van der Waals surface area contributed by atoms with Crippen LogP contribution in [0, 0.1) is 0 Å². The first kappa shape index (κ1) is 20.4. The Bertz CT molecular complexity index is 740. The number of rotatable bonds is 6. The number of alkyl halides is 4. The number of carbonyl (C=O) groups is 1. The number of ether oxygens (including phenoxy) is 1. The fourth-order valence-corrected chi connectivity index (χ4v) is 3.34. The molecule has 1 aliphatic rings. The van der Waals surface area contributed by atoms with Crippen molar-refractivity contribution in [2.75, 3.05) is 11.9 Å². The molecule has 0 radical (unpaired) electrons. The number of benzene rings is 1. The van der Waals surface area contributed by atoms with Gasteiger partial charge in [-0.1, -0.05) is 18.2 Å². The van der Waals surface area contributed by atoms with E-state index in [1.165, 1.54) is 6.92 Å². The summed E-state index contributed by atoms with van der Waals surface area (Å²) in [4.78, 5) is 12.3. The topological polar surface area (TPSA) is 81.7 Å². The maximum absolute atomic E-state index is 14.3. The normalized spacial score (nSPS) is 26.5. The van der Waals surface area contributed by atoms with E-state index in [1.54, 1.807) is 30.3 Å². The summed E-state index contributed by atoms with van der Waals surface area (Å²) in [5.41, 5.74) is -7.04. The van der Waals surface area contributed by atoms with Crippen LogP contribution in [0.1, 0.15) is 19.8 Å². The summed E-state index contributed by atoms with van der Waals surface area (Å²) < 4.78 is 83.0. The van der Waals surface area contributed by atoms with Crippen molar-refractivity contribution in [1.29, 1.82) is 0 Å². The van der Waals surface area contributed by atoms with E-state index < -0.39 is 52.3 Å². The predicted molar refractivity (Wildman–Crippen MR) is 83.4 cm³/mol. The van der Waals surface area contributed by atoms with Gasteiger partial charge in [-0.05, 0) is 19.1 Å². The fraction of sp³-hybridized carbons (Fsp3) is 0.533. The second-order valence-electron chi connectivity index (χ2n) is 5.75. The Hall–Kier alpha value is -1.88. The Labute approximate surface area is 147 Å². The molecule has 26 heavy (non-hydrogen) atoms. The standard InChI is InChI=1S/C15H17F4NO5S/c1-2-24-13(21)14(20-10-6-4-3-5-7-10)8-11(16)12(9-14)25-26(22,23)15(17,18)19/h3-7,11-12,20H,2,8-9H2,1H3. The van der Waals surface area contributed by atoms with Crippen molar-refractivity contribution >= 4 is 21.8 Å². The number of halogens is 4. The van der Waals surface area contributed by atoms with Crippen LogP contribution in [0.5, 0.6) is 0 Å². The monoisotopic (exact) mass is 399 g/mol. The molecule has 1 aliphatic carbocycles. The van der Waals surface area contributed by atoms with Crippen LogP contribution in [-0.4, -0.2) is 44.3 Å². The minimum atomic E-state index is -5.99. The minimum Gasteiger partial charge on any atom is -0.464 e. The lowest BCUT2D eigenvalue weighted by Gasteiger charge is -2.29. The zero-order valence-electron chi connectivity index (χ0n) is 13.6. The van der Waals surface area contributed by atoms with Crippen molar-refractivity contribution in [3.8, 4) is 0 Å². The molecular formula is C15H17F4NO5S. The van der Waals surface area contributed by atoms with Gasteiger partial charge in [-0.3, -0.25) is 4.18 Å². The van der Waals surface area contributed by atoms with E-state index in [9.17, 15) is 30.8 Å². The largest absolute Gasteiger partial charge is 0.523 e. The van der Waals surface area contributed by atoms with E-state index >= 15 is 0 Å². The Morgan fingerprint density at radius 3 is 2.42 bits per heavy atom. The van der Waals surface area contributed by atoms with Gasteiger partial charge in [-0.25, -0.2) is 9.18 Å². The quantitative estimate of drug-likeness (QED) is 0.343. The van der Waals surface area contributed by atoms with Gasteiger partial charge in [0.1, 0.15) is 17.8 Å². The maximum Gasteiger partial charge on any atom is 0.523 e. The molecule has 3 unspecified atom stereocenters. The van der Waals surface area contributed by atoms with Crippen molar-refractivity contribution in [3.05, 3.63) is 30.3 Å². The van der Waals surface area contributed by atoms with Crippen LogP contribution in [0.25, 0.3) is 0 Å². The van der Waals surface area contributed by atoms with Gasteiger partial charge in [0.25, 0.3) is 0 Å². The molecule has 1 aromatic carbocycles. The number of para-hydroxylation sites is 1. The van der Waals surface area contributed by atoms with Crippen LogP contribution in [-0.2, 0) is 23.8 Å². The molecule has 11 heteroatoms. The molecule has 0 aliphatic heterocycles. The van der Waals surface area contributed by atoms with Crippen LogP contribution in [0.4, 0.5) is 23.2 Å². The molecule has 146 valence electrons. The van der Waals surface area contributed by atoms with E-state index in [1.807, 2.05) is 0 Å².